The Morgan fingerprint density at radius 2 is 1.79 bits per heavy atom. The summed E-state index contributed by atoms with van der Waals surface area (Å²) >= 11 is 0. The van der Waals surface area contributed by atoms with Gasteiger partial charge in [0.1, 0.15) is 11.6 Å². The molecule has 1 aromatic rings. The lowest BCUT2D eigenvalue weighted by Crippen LogP contribution is -2.56. The maximum absolute atomic E-state index is 13.2. The molecule has 1 saturated heterocycles. The molecule has 1 fully saturated rings. The summed E-state index contributed by atoms with van der Waals surface area (Å²) in [5.41, 5.74) is -0.0771. The Morgan fingerprint density at radius 3 is 2.38 bits per heavy atom. The molecule has 0 spiro atoms. The number of hydrazine groups is 1. The van der Waals surface area contributed by atoms with E-state index in [9.17, 15) is 14.4 Å². The van der Waals surface area contributed by atoms with E-state index in [0.29, 0.717) is 31.6 Å². The molecule has 2 rings (SSSR count). The number of hydrogen-bond donors (Lipinski definition) is 2. The number of urea groups is 1. The third-order valence-electron chi connectivity index (χ3n) is 4.60. The molecule has 1 aliphatic heterocycles. The van der Waals surface area contributed by atoms with E-state index in [4.69, 9.17) is 4.74 Å². The fourth-order valence-corrected chi connectivity index (χ4v) is 2.95. The van der Waals surface area contributed by atoms with Gasteiger partial charge in [-0.3, -0.25) is 9.78 Å². The van der Waals surface area contributed by atoms with Crippen LogP contribution in [0, 0.1) is 5.92 Å². The standard InChI is InChI=1S/C20H31N5O4/c1-6-14(2)16(23-19(28)29-20(3,4)5)17(26)24-12-7-13-25(24)18(27)22-15-8-10-21-11-9-15/h8-11,14,16H,6-7,12-13H2,1-5H3,(H,23,28)(H,21,22,27). The molecule has 2 heterocycles. The van der Waals surface area contributed by atoms with Crippen LogP contribution >= 0.6 is 0 Å². The second-order valence-electron chi connectivity index (χ2n) is 8.11. The van der Waals surface area contributed by atoms with Crippen LogP contribution in [0.25, 0.3) is 0 Å². The normalized spacial score (nSPS) is 16.2. The first-order valence-corrected chi connectivity index (χ1v) is 9.91. The smallest absolute Gasteiger partial charge is 0.408 e. The molecule has 0 bridgehead atoms. The van der Waals surface area contributed by atoms with Crippen LogP contribution in [0.15, 0.2) is 24.5 Å². The van der Waals surface area contributed by atoms with Gasteiger partial charge in [0.05, 0.1) is 0 Å². The highest BCUT2D eigenvalue weighted by atomic mass is 16.6. The molecule has 2 N–H and O–H groups in total. The van der Waals surface area contributed by atoms with Crippen molar-refractivity contribution in [3.63, 3.8) is 0 Å². The SMILES string of the molecule is CCC(C)C(NC(=O)OC(C)(C)C)C(=O)N1CCCN1C(=O)Nc1ccncc1. The van der Waals surface area contributed by atoms with Crippen LogP contribution < -0.4 is 10.6 Å². The number of alkyl carbamates (subject to hydrolysis) is 1. The van der Waals surface area contributed by atoms with Gasteiger partial charge in [-0.1, -0.05) is 20.3 Å². The molecular weight excluding hydrogens is 374 g/mol. The van der Waals surface area contributed by atoms with Gasteiger partial charge in [-0.05, 0) is 45.2 Å². The molecule has 29 heavy (non-hydrogen) atoms. The zero-order valence-corrected chi connectivity index (χ0v) is 17.8. The zero-order chi connectivity index (χ0) is 21.6. The van der Waals surface area contributed by atoms with Crippen molar-refractivity contribution in [3.05, 3.63) is 24.5 Å². The van der Waals surface area contributed by atoms with Crippen molar-refractivity contribution in [3.8, 4) is 0 Å². The van der Waals surface area contributed by atoms with E-state index in [-0.39, 0.29) is 11.8 Å². The van der Waals surface area contributed by atoms with Crippen molar-refractivity contribution in [1.82, 2.24) is 20.3 Å². The Hall–Kier alpha value is -2.84. The van der Waals surface area contributed by atoms with Crippen LogP contribution in [0.2, 0.25) is 0 Å². The number of aromatic nitrogens is 1. The number of anilines is 1. The average Bonchev–Trinajstić information content (AvgIpc) is 3.14. The van der Waals surface area contributed by atoms with Gasteiger partial charge in [0.15, 0.2) is 0 Å². The number of hydrogen-bond acceptors (Lipinski definition) is 5. The van der Waals surface area contributed by atoms with Crippen molar-refractivity contribution in [2.24, 2.45) is 5.92 Å². The Labute approximate surface area is 171 Å². The molecule has 4 amide bonds. The number of pyridine rings is 1. The minimum absolute atomic E-state index is 0.124. The quantitative estimate of drug-likeness (QED) is 0.784. The van der Waals surface area contributed by atoms with E-state index < -0.39 is 23.8 Å². The van der Waals surface area contributed by atoms with Crippen molar-refractivity contribution in [1.29, 1.82) is 0 Å². The number of carbonyl (C=O) groups is 3. The second-order valence-corrected chi connectivity index (χ2v) is 8.11. The lowest BCUT2D eigenvalue weighted by Gasteiger charge is -2.33. The van der Waals surface area contributed by atoms with Crippen LogP contribution in [-0.2, 0) is 9.53 Å². The summed E-state index contributed by atoms with van der Waals surface area (Å²) in [4.78, 5) is 42.1. The van der Waals surface area contributed by atoms with Gasteiger partial charge >= 0.3 is 12.1 Å². The minimum Gasteiger partial charge on any atom is -0.444 e. The van der Waals surface area contributed by atoms with Gasteiger partial charge in [-0.15, -0.1) is 0 Å². The van der Waals surface area contributed by atoms with Gasteiger partial charge in [0, 0.05) is 31.2 Å². The number of carbonyl (C=O) groups excluding carboxylic acids is 3. The van der Waals surface area contributed by atoms with Crippen molar-refractivity contribution < 1.29 is 19.1 Å². The molecule has 0 radical (unpaired) electrons. The first-order chi connectivity index (χ1) is 13.6. The monoisotopic (exact) mass is 405 g/mol. The summed E-state index contributed by atoms with van der Waals surface area (Å²) in [6, 6.07) is 2.16. The molecule has 9 nitrogen and oxygen atoms in total. The Bertz CT molecular complexity index is 719. The fourth-order valence-electron chi connectivity index (χ4n) is 2.95. The van der Waals surface area contributed by atoms with Crippen LogP contribution in [0.3, 0.4) is 0 Å². The second kappa shape index (κ2) is 9.58. The molecule has 1 aliphatic rings. The van der Waals surface area contributed by atoms with Crippen LogP contribution in [-0.4, -0.2) is 57.8 Å². The molecule has 2 atom stereocenters. The highest BCUT2D eigenvalue weighted by Crippen LogP contribution is 2.19. The number of ether oxygens (including phenoxy) is 1. The highest BCUT2D eigenvalue weighted by molar-refractivity contribution is 5.93. The molecule has 0 saturated carbocycles. The number of rotatable bonds is 5. The Morgan fingerprint density at radius 1 is 1.17 bits per heavy atom. The maximum atomic E-state index is 13.2. The van der Waals surface area contributed by atoms with Gasteiger partial charge in [0.2, 0.25) is 0 Å². The summed E-state index contributed by atoms with van der Waals surface area (Å²) < 4.78 is 5.31. The predicted octanol–water partition coefficient (Wildman–Crippen LogP) is 3.00. The van der Waals surface area contributed by atoms with E-state index in [2.05, 4.69) is 15.6 Å². The van der Waals surface area contributed by atoms with E-state index in [1.807, 2.05) is 13.8 Å². The lowest BCUT2D eigenvalue weighted by atomic mass is 9.98. The highest BCUT2D eigenvalue weighted by Gasteiger charge is 2.38. The van der Waals surface area contributed by atoms with Crippen LogP contribution in [0.4, 0.5) is 15.3 Å². The van der Waals surface area contributed by atoms with Gasteiger partial charge in [-0.25, -0.2) is 19.6 Å². The van der Waals surface area contributed by atoms with E-state index in [0.717, 1.165) is 0 Å². The predicted molar refractivity (Wildman–Crippen MR) is 109 cm³/mol. The first kappa shape index (κ1) is 22.4. The first-order valence-electron chi connectivity index (χ1n) is 9.91. The average molecular weight is 405 g/mol. The fraction of sp³-hybridized carbons (Fsp3) is 0.600. The van der Waals surface area contributed by atoms with Crippen molar-refractivity contribution in [2.45, 2.75) is 59.1 Å². The minimum atomic E-state index is -0.788. The topological polar surface area (TPSA) is 104 Å². The summed E-state index contributed by atoms with van der Waals surface area (Å²) in [6.07, 6.45) is 3.85. The summed E-state index contributed by atoms with van der Waals surface area (Å²) in [7, 11) is 0. The molecule has 2 unspecified atom stereocenters. The van der Waals surface area contributed by atoms with Crippen molar-refractivity contribution in [2.75, 3.05) is 18.4 Å². The molecule has 0 aromatic carbocycles. The largest absolute Gasteiger partial charge is 0.444 e. The molecule has 160 valence electrons. The van der Waals surface area contributed by atoms with Crippen LogP contribution in [0.1, 0.15) is 47.5 Å². The van der Waals surface area contributed by atoms with Gasteiger partial charge in [0.25, 0.3) is 5.91 Å². The third kappa shape index (κ3) is 6.33. The van der Waals surface area contributed by atoms with E-state index >= 15 is 0 Å². The zero-order valence-electron chi connectivity index (χ0n) is 17.8. The molecule has 1 aromatic heterocycles. The third-order valence-corrected chi connectivity index (χ3v) is 4.60. The lowest BCUT2D eigenvalue weighted by molar-refractivity contribution is -0.143. The molecule has 9 heteroatoms. The summed E-state index contributed by atoms with van der Waals surface area (Å²) in [6.45, 7) is 9.94. The number of nitrogens with zero attached hydrogens (tertiary/aromatic N) is 3. The Kier molecular flexibility index (Phi) is 7.41. The van der Waals surface area contributed by atoms with Gasteiger partial charge < -0.3 is 15.4 Å². The van der Waals surface area contributed by atoms with Crippen molar-refractivity contribution >= 4 is 23.7 Å². The van der Waals surface area contributed by atoms with E-state index in [1.54, 1.807) is 45.3 Å². The Balaban J connectivity index is 2.11. The maximum Gasteiger partial charge on any atom is 0.408 e. The van der Waals surface area contributed by atoms with Crippen LogP contribution in [0.5, 0.6) is 0 Å². The number of nitrogens with one attached hydrogen (secondary N) is 2. The summed E-state index contributed by atoms with van der Waals surface area (Å²) in [5.74, 6) is -0.451. The summed E-state index contributed by atoms with van der Waals surface area (Å²) in [5, 5.41) is 8.25. The molecule has 0 aliphatic carbocycles. The molecular formula is C20H31N5O4. The number of amides is 4. The van der Waals surface area contributed by atoms with E-state index in [1.165, 1.54) is 10.0 Å². The van der Waals surface area contributed by atoms with Gasteiger partial charge in [-0.2, -0.15) is 0 Å².